The molecule has 0 bridgehead atoms. The third kappa shape index (κ3) is 2.39. The molecular formula is C14H10BrClFN3. The van der Waals surface area contributed by atoms with E-state index in [-0.39, 0.29) is 12.2 Å². The number of anilines is 1. The summed E-state index contributed by atoms with van der Waals surface area (Å²) in [6.45, 7) is 0. The van der Waals surface area contributed by atoms with Crippen molar-refractivity contribution in [3.05, 3.63) is 57.0 Å². The molecule has 1 heterocycles. The van der Waals surface area contributed by atoms with Crippen LogP contribution in [0, 0.1) is 5.82 Å². The van der Waals surface area contributed by atoms with Gasteiger partial charge in [0.05, 0.1) is 11.2 Å². The fraction of sp³-hybridized carbons (Fsp3) is 0.0714. The largest absolute Gasteiger partial charge is 0.397 e. The Morgan fingerprint density at radius 2 is 2.15 bits per heavy atom. The molecule has 0 aliphatic heterocycles. The van der Waals surface area contributed by atoms with Crippen LogP contribution in [-0.2, 0) is 6.42 Å². The minimum Gasteiger partial charge on any atom is -0.397 e. The van der Waals surface area contributed by atoms with Crippen molar-refractivity contribution in [1.82, 2.24) is 9.97 Å². The van der Waals surface area contributed by atoms with Crippen molar-refractivity contribution in [3.8, 4) is 0 Å². The van der Waals surface area contributed by atoms with Gasteiger partial charge in [0.2, 0.25) is 0 Å². The highest BCUT2D eigenvalue weighted by molar-refractivity contribution is 9.10. The number of rotatable bonds is 2. The van der Waals surface area contributed by atoms with Crippen molar-refractivity contribution < 1.29 is 4.39 Å². The highest BCUT2D eigenvalue weighted by atomic mass is 79.9. The Morgan fingerprint density at radius 1 is 1.35 bits per heavy atom. The van der Waals surface area contributed by atoms with Crippen LogP contribution in [0.3, 0.4) is 0 Å². The summed E-state index contributed by atoms with van der Waals surface area (Å²) in [5, 5.41) is 0.389. The van der Waals surface area contributed by atoms with Gasteiger partial charge in [-0.2, -0.15) is 0 Å². The number of aromatic nitrogens is 2. The molecule has 0 aliphatic carbocycles. The second-order valence-corrected chi connectivity index (χ2v) is 5.77. The number of halogens is 3. The van der Waals surface area contributed by atoms with Crippen LogP contribution in [0.15, 0.2) is 34.8 Å². The summed E-state index contributed by atoms with van der Waals surface area (Å²) < 4.78 is 14.6. The van der Waals surface area contributed by atoms with E-state index < -0.39 is 0 Å². The standard InChI is InChI=1S/C14H10BrClFN3/c15-7-4-11(18)14-12(5-7)19-13(20-14)6-8-9(16)2-1-3-10(8)17/h1-5H,6,18H2,(H,19,20). The smallest absolute Gasteiger partial charge is 0.128 e. The van der Waals surface area contributed by atoms with Crippen molar-refractivity contribution in [1.29, 1.82) is 0 Å². The topological polar surface area (TPSA) is 54.7 Å². The number of nitrogen functional groups attached to an aromatic ring is 1. The Bertz CT molecular complexity index is 780. The van der Waals surface area contributed by atoms with Crippen molar-refractivity contribution in [2.45, 2.75) is 6.42 Å². The average molecular weight is 355 g/mol. The van der Waals surface area contributed by atoms with E-state index in [1.54, 1.807) is 18.2 Å². The molecule has 0 saturated carbocycles. The molecule has 6 heteroatoms. The zero-order chi connectivity index (χ0) is 14.3. The van der Waals surface area contributed by atoms with Crippen LogP contribution in [0.1, 0.15) is 11.4 Å². The first-order chi connectivity index (χ1) is 9.54. The van der Waals surface area contributed by atoms with Crippen LogP contribution in [0.5, 0.6) is 0 Å². The third-order valence-electron chi connectivity index (χ3n) is 3.04. The molecule has 3 nitrogen and oxygen atoms in total. The summed E-state index contributed by atoms with van der Waals surface area (Å²) in [6.07, 6.45) is 0.289. The number of H-pyrrole nitrogens is 1. The molecule has 3 rings (SSSR count). The van der Waals surface area contributed by atoms with Gasteiger partial charge in [0.1, 0.15) is 17.2 Å². The number of hydrogen-bond donors (Lipinski definition) is 2. The van der Waals surface area contributed by atoms with Gasteiger partial charge in [0.25, 0.3) is 0 Å². The number of hydrogen-bond acceptors (Lipinski definition) is 2. The number of fused-ring (bicyclic) bond motifs is 1. The van der Waals surface area contributed by atoms with Gasteiger partial charge in [-0.05, 0) is 24.3 Å². The Hall–Kier alpha value is -1.59. The lowest BCUT2D eigenvalue weighted by atomic mass is 10.1. The van der Waals surface area contributed by atoms with Crippen LogP contribution in [-0.4, -0.2) is 9.97 Å². The van der Waals surface area contributed by atoms with Gasteiger partial charge < -0.3 is 10.7 Å². The molecule has 2 aromatic carbocycles. The normalized spacial score (nSPS) is 11.2. The molecule has 102 valence electrons. The average Bonchev–Trinajstić information content (AvgIpc) is 2.77. The lowest BCUT2D eigenvalue weighted by Crippen LogP contribution is -1.95. The lowest BCUT2D eigenvalue weighted by molar-refractivity contribution is 0.612. The van der Waals surface area contributed by atoms with E-state index in [2.05, 4.69) is 25.9 Å². The Morgan fingerprint density at radius 3 is 2.90 bits per heavy atom. The summed E-state index contributed by atoms with van der Waals surface area (Å²) in [6, 6.07) is 8.28. The number of aromatic amines is 1. The third-order valence-corrected chi connectivity index (χ3v) is 3.85. The zero-order valence-corrected chi connectivity index (χ0v) is 12.6. The van der Waals surface area contributed by atoms with Crippen molar-refractivity contribution >= 4 is 44.3 Å². The lowest BCUT2D eigenvalue weighted by Gasteiger charge is -2.03. The second kappa shape index (κ2) is 5.07. The van der Waals surface area contributed by atoms with E-state index in [4.69, 9.17) is 17.3 Å². The first-order valence-electron chi connectivity index (χ1n) is 5.91. The molecule has 0 aliphatic rings. The first-order valence-corrected chi connectivity index (χ1v) is 7.08. The van der Waals surface area contributed by atoms with Gasteiger partial charge in [0, 0.05) is 21.5 Å². The fourth-order valence-corrected chi connectivity index (χ4v) is 2.82. The quantitative estimate of drug-likeness (QED) is 0.675. The Kier molecular flexibility index (Phi) is 3.40. The van der Waals surface area contributed by atoms with Gasteiger partial charge in [-0.25, -0.2) is 9.37 Å². The molecule has 0 spiro atoms. The highest BCUT2D eigenvalue weighted by Gasteiger charge is 2.12. The molecule has 0 unspecified atom stereocenters. The maximum atomic E-state index is 13.8. The number of benzene rings is 2. The number of nitrogens with two attached hydrogens (primary N) is 1. The summed E-state index contributed by atoms with van der Waals surface area (Å²) >= 11 is 9.39. The molecule has 0 fully saturated rings. The minimum absolute atomic E-state index is 0.289. The van der Waals surface area contributed by atoms with Crippen LogP contribution >= 0.6 is 27.5 Å². The maximum absolute atomic E-state index is 13.8. The molecule has 3 N–H and O–H groups in total. The Labute approximate surface area is 128 Å². The van der Waals surface area contributed by atoms with E-state index in [0.29, 0.717) is 27.6 Å². The van der Waals surface area contributed by atoms with Crippen LogP contribution in [0.2, 0.25) is 5.02 Å². The van der Waals surface area contributed by atoms with Gasteiger partial charge in [-0.3, -0.25) is 0 Å². The molecule has 3 aromatic rings. The second-order valence-electron chi connectivity index (χ2n) is 4.45. The molecule has 1 aromatic heterocycles. The number of nitrogens with one attached hydrogen (secondary N) is 1. The van der Waals surface area contributed by atoms with Gasteiger partial charge in [0.15, 0.2) is 0 Å². The zero-order valence-electron chi connectivity index (χ0n) is 10.3. The first kappa shape index (κ1) is 13.4. The van der Waals surface area contributed by atoms with Crippen molar-refractivity contribution in [2.24, 2.45) is 0 Å². The van der Waals surface area contributed by atoms with Crippen LogP contribution in [0.25, 0.3) is 11.0 Å². The molecule has 20 heavy (non-hydrogen) atoms. The molecule has 0 saturated heterocycles. The number of imidazole rings is 1. The van der Waals surface area contributed by atoms with Gasteiger partial charge >= 0.3 is 0 Å². The van der Waals surface area contributed by atoms with E-state index in [9.17, 15) is 4.39 Å². The molecule has 0 atom stereocenters. The summed E-state index contributed by atoms with van der Waals surface area (Å²) in [4.78, 5) is 7.54. The monoisotopic (exact) mass is 353 g/mol. The van der Waals surface area contributed by atoms with Gasteiger partial charge in [-0.1, -0.05) is 33.6 Å². The van der Waals surface area contributed by atoms with E-state index >= 15 is 0 Å². The van der Waals surface area contributed by atoms with Crippen molar-refractivity contribution in [2.75, 3.05) is 5.73 Å². The maximum Gasteiger partial charge on any atom is 0.128 e. The summed E-state index contributed by atoms with van der Waals surface area (Å²) in [7, 11) is 0. The van der Waals surface area contributed by atoms with Crippen LogP contribution < -0.4 is 5.73 Å². The summed E-state index contributed by atoms with van der Waals surface area (Å²) in [5.41, 5.74) is 8.38. The van der Waals surface area contributed by atoms with E-state index in [1.807, 2.05) is 6.07 Å². The molecule has 0 amide bonds. The van der Waals surface area contributed by atoms with E-state index in [1.165, 1.54) is 6.07 Å². The minimum atomic E-state index is -0.341. The van der Waals surface area contributed by atoms with Crippen LogP contribution in [0.4, 0.5) is 10.1 Å². The van der Waals surface area contributed by atoms with Crippen molar-refractivity contribution in [3.63, 3.8) is 0 Å². The number of nitrogens with zero attached hydrogens (tertiary/aromatic N) is 1. The van der Waals surface area contributed by atoms with Gasteiger partial charge in [-0.15, -0.1) is 0 Å². The highest BCUT2D eigenvalue weighted by Crippen LogP contribution is 2.26. The molecule has 0 radical (unpaired) electrons. The fourth-order valence-electron chi connectivity index (χ4n) is 2.11. The predicted octanol–water partition coefficient (Wildman–Crippen LogP) is 4.29. The van der Waals surface area contributed by atoms with E-state index in [0.717, 1.165) is 9.99 Å². The summed E-state index contributed by atoms with van der Waals surface area (Å²) in [5.74, 6) is 0.281. The Balaban J connectivity index is 2.06. The predicted molar refractivity (Wildman–Crippen MR) is 82.4 cm³/mol. The SMILES string of the molecule is Nc1cc(Br)cc2[nH]c(Cc3c(F)cccc3Cl)nc12. The molecular weight excluding hydrogens is 345 g/mol.